The van der Waals surface area contributed by atoms with Crippen molar-refractivity contribution in [1.82, 2.24) is 9.80 Å². The molecule has 0 radical (unpaired) electrons. The first-order valence-electron chi connectivity index (χ1n) is 13.7. The SMILES string of the molecule is CN(C(=O)Oc1ccc(F)cc1)[C@@]1(C)CN(C(=O)C2CCN(c3ccc(C#N)cc3)CC2)C[C@@H]1c1ccc(Cl)cc1. The van der Waals surface area contributed by atoms with Crippen LogP contribution >= 0.6 is 11.6 Å². The van der Waals surface area contributed by atoms with Crippen LogP contribution in [0.25, 0.3) is 0 Å². The zero-order chi connectivity index (χ0) is 29.1. The molecule has 3 aromatic carbocycles. The summed E-state index contributed by atoms with van der Waals surface area (Å²) < 4.78 is 18.9. The summed E-state index contributed by atoms with van der Waals surface area (Å²) in [7, 11) is 1.68. The summed E-state index contributed by atoms with van der Waals surface area (Å²) in [6.07, 6.45) is 0.864. The summed E-state index contributed by atoms with van der Waals surface area (Å²) in [6.45, 7) is 4.28. The van der Waals surface area contributed by atoms with Crippen LogP contribution in [0, 0.1) is 23.1 Å². The Morgan fingerprint density at radius 2 is 1.66 bits per heavy atom. The molecular formula is C32H32ClFN4O3. The van der Waals surface area contributed by atoms with E-state index in [0.29, 0.717) is 23.7 Å². The summed E-state index contributed by atoms with van der Waals surface area (Å²) in [5.41, 5.74) is 1.89. The van der Waals surface area contributed by atoms with Crippen molar-refractivity contribution in [3.63, 3.8) is 0 Å². The first-order valence-corrected chi connectivity index (χ1v) is 14.1. The van der Waals surface area contributed by atoms with E-state index in [-0.39, 0.29) is 23.5 Å². The van der Waals surface area contributed by atoms with E-state index in [4.69, 9.17) is 21.6 Å². The normalized spacial score (nSPS) is 20.9. The maximum absolute atomic E-state index is 13.8. The van der Waals surface area contributed by atoms with Gasteiger partial charge in [-0.25, -0.2) is 9.18 Å². The van der Waals surface area contributed by atoms with Crippen molar-refractivity contribution >= 4 is 29.3 Å². The molecule has 2 atom stereocenters. The minimum Gasteiger partial charge on any atom is -0.410 e. The van der Waals surface area contributed by atoms with E-state index in [9.17, 15) is 14.0 Å². The molecule has 0 unspecified atom stereocenters. The van der Waals surface area contributed by atoms with Gasteiger partial charge in [-0.3, -0.25) is 4.79 Å². The number of rotatable bonds is 5. The van der Waals surface area contributed by atoms with Crippen LogP contribution in [0.3, 0.4) is 0 Å². The minimum absolute atomic E-state index is 0.0902. The number of amides is 2. The smallest absolute Gasteiger partial charge is 0.410 e. The van der Waals surface area contributed by atoms with E-state index < -0.39 is 17.4 Å². The number of halogens is 2. The Balaban J connectivity index is 1.31. The summed E-state index contributed by atoms with van der Waals surface area (Å²) in [6, 6.07) is 22.5. The van der Waals surface area contributed by atoms with Gasteiger partial charge in [0.25, 0.3) is 0 Å². The van der Waals surface area contributed by atoms with E-state index in [0.717, 1.165) is 37.2 Å². The highest BCUT2D eigenvalue weighted by molar-refractivity contribution is 6.30. The maximum atomic E-state index is 13.8. The number of ether oxygens (including phenoxy) is 1. The van der Waals surface area contributed by atoms with Crippen molar-refractivity contribution in [3.05, 3.63) is 94.8 Å². The Kier molecular flexibility index (Phi) is 8.18. The number of likely N-dealkylation sites (tertiary alicyclic amines) is 1. The molecule has 0 aromatic heterocycles. The molecule has 2 fully saturated rings. The second-order valence-electron chi connectivity index (χ2n) is 11.0. The number of hydrogen-bond donors (Lipinski definition) is 0. The third-order valence-electron chi connectivity index (χ3n) is 8.51. The molecule has 2 saturated heterocycles. The molecule has 2 aliphatic rings. The molecule has 0 spiro atoms. The summed E-state index contributed by atoms with van der Waals surface area (Å²) in [4.78, 5) is 32.8. The van der Waals surface area contributed by atoms with Gasteiger partial charge in [0.2, 0.25) is 5.91 Å². The van der Waals surface area contributed by atoms with Gasteiger partial charge in [-0.15, -0.1) is 0 Å². The van der Waals surface area contributed by atoms with Gasteiger partial charge in [0.05, 0.1) is 17.2 Å². The molecule has 3 aromatic rings. The number of piperidine rings is 1. The number of anilines is 1. The average Bonchev–Trinajstić information content (AvgIpc) is 3.36. The van der Waals surface area contributed by atoms with Crippen LogP contribution in [0.4, 0.5) is 14.9 Å². The highest BCUT2D eigenvalue weighted by atomic mass is 35.5. The van der Waals surface area contributed by atoms with E-state index >= 15 is 0 Å². The number of benzene rings is 3. The van der Waals surface area contributed by atoms with E-state index in [2.05, 4.69) is 11.0 Å². The number of hydrogen-bond acceptors (Lipinski definition) is 5. The lowest BCUT2D eigenvalue weighted by Crippen LogP contribution is -2.53. The molecule has 5 rings (SSSR count). The molecule has 2 heterocycles. The van der Waals surface area contributed by atoms with Crippen molar-refractivity contribution in [2.75, 3.05) is 38.1 Å². The van der Waals surface area contributed by atoms with Gasteiger partial charge in [-0.05, 0) is 86.0 Å². The van der Waals surface area contributed by atoms with Gasteiger partial charge in [-0.1, -0.05) is 23.7 Å². The Hall–Kier alpha value is -4.09. The predicted molar refractivity (Wildman–Crippen MR) is 155 cm³/mol. The van der Waals surface area contributed by atoms with Gasteiger partial charge >= 0.3 is 6.09 Å². The summed E-state index contributed by atoms with van der Waals surface area (Å²) >= 11 is 6.16. The first-order chi connectivity index (χ1) is 19.7. The molecule has 9 heteroatoms. The topological polar surface area (TPSA) is 76.9 Å². The van der Waals surface area contributed by atoms with Crippen LogP contribution in [0.15, 0.2) is 72.8 Å². The molecular weight excluding hydrogens is 543 g/mol. The van der Waals surface area contributed by atoms with Crippen molar-refractivity contribution in [1.29, 1.82) is 5.26 Å². The van der Waals surface area contributed by atoms with Crippen molar-refractivity contribution < 1.29 is 18.7 Å². The lowest BCUT2D eigenvalue weighted by atomic mass is 9.82. The average molecular weight is 575 g/mol. The van der Waals surface area contributed by atoms with Crippen LogP contribution in [-0.4, -0.2) is 60.6 Å². The Morgan fingerprint density at radius 1 is 1.02 bits per heavy atom. The van der Waals surface area contributed by atoms with E-state index in [1.54, 1.807) is 11.9 Å². The Labute approximate surface area is 244 Å². The quantitative estimate of drug-likeness (QED) is 0.369. The maximum Gasteiger partial charge on any atom is 0.415 e. The van der Waals surface area contributed by atoms with Crippen LogP contribution in [-0.2, 0) is 4.79 Å². The Bertz CT molecular complexity index is 1430. The number of nitriles is 1. The lowest BCUT2D eigenvalue weighted by Gasteiger charge is -2.39. The second kappa shape index (κ2) is 11.8. The van der Waals surface area contributed by atoms with E-state index in [1.165, 1.54) is 24.3 Å². The fourth-order valence-corrected chi connectivity index (χ4v) is 6.04. The van der Waals surface area contributed by atoms with Crippen molar-refractivity contribution in [2.45, 2.75) is 31.2 Å². The number of nitrogens with zero attached hydrogens (tertiary/aromatic N) is 4. The van der Waals surface area contributed by atoms with Gasteiger partial charge in [-0.2, -0.15) is 5.26 Å². The van der Waals surface area contributed by atoms with Gasteiger partial charge in [0.15, 0.2) is 0 Å². The van der Waals surface area contributed by atoms with Crippen LogP contribution in [0.5, 0.6) is 5.75 Å². The molecule has 7 nitrogen and oxygen atoms in total. The molecule has 0 bridgehead atoms. The molecule has 0 saturated carbocycles. The molecule has 2 aliphatic heterocycles. The second-order valence-corrected chi connectivity index (χ2v) is 11.4. The fraction of sp³-hybridized carbons (Fsp3) is 0.344. The lowest BCUT2D eigenvalue weighted by molar-refractivity contribution is -0.135. The molecule has 0 aliphatic carbocycles. The largest absolute Gasteiger partial charge is 0.415 e. The summed E-state index contributed by atoms with van der Waals surface area (Å²) in [5.74, 6) is -0.370. The first kappa shape index (κ1) is 28.4. The summed E-state index contributed by atoms with van der Waals surface area (Å²) in [5, 5.41) is 9.68. The number of carbonyl (C=O) groups is 2. The Morgan fingerprint density at radius 3 is 2.27 bits per heavy atom. The fourth-order valence-electron chi connectivity index (χ4n) is 5.92. The van der Waals surface area contributed by atoms with Crippen molar-refractivity contribution in [3.8, 4) is 11.8 Å². The third-order valence-corrected chi connectivity index (χ3v) is 8.77. The highest BCUT2D eigenvalue weighted by Crippen LogP contribution is 2.41. The van der Waals surface area contributed by atoms with Gasteiger partial charge in [0.1, 0.15) is 11.6 Å². The van der Waals surface area contributed by atoms with Gasteiger partial charge in [0, 0.05) is 55.8 Å². The minimum atomic E-state index is -0.760. The van der Waals surface area contributed by atoms with Gasteiger partial charge < -0.3 is 19.4 Å². The standard InChI is InChI=1S/C32H32ClFN4O3/c1-32(36(2)31(40)41-28-13-9-26(34)10-14-28)21-38(20-29(32)23-5-7-25(33)8-6-23)30(39)24-15-17-37(18-16-24)27-11-3-22(19-35)4-12-27/h3-14,24,29H,15-18,20-21H2,1-2H3/t29-,32+/m1/s1. The van der Waals surface area contributed by atoms with Crippen LogP contribution in [0.1, 0.15) is 36.8 Å². The van der Waals surface area contributed by atoms with Crippen LogP contribution < -0.4 is 9.64 Å². The molecule has 212 valence electrons. The number of carbonyl (C=O) groups excluding carboxylic acids is 2. The monoisotopic (exact) mass is 574 g/mol. The highest BCUT2D eigenvalue weighted by Gasteiger charge is 2.51. The zero-order valence-electron chi connectivity index (χ0n) is 23.1. The van der Waals surface area contributed by atoms with E-state index in [1.807, 2.05) is 60.4 Å². The van der Waals surface area contributed by atoms with Crippen LogP contribution in [0.2, 0.25) is 5.02 Å². The number of likely N-dealkylation sites (N-methyl/N-ethyl adjacent to an activating group) is 1. The molecule has 0 N–H and O–H groups in total. The third kappa shape index (κ3) is 6.01. The predicted octanol–water partition coefficient (Wildman–Crippen LogP) is 6.08. The molecule has 2 amide bonds. The van der Waals surface area contributed by atoms with Crippen molar-refractivity contribution in [2.24, 2.45) is 5.92 Å². The molecule has 41 heavy (non-hydrogen) atoms. The zero-order valence-corrected chi connectivity index (χ0v) is 23.9.